The molecule has 3 atom stereocenters. The molecule has 0 aromatic heterocycles. The Hall–Kier alpha value is -0.930. The van der Waals surface area contributed by atoms with Crippen LogP contribution in [0.1, 0.15) is 57.6 Å². The van der Waals surface area contributed by atoms with Gasteiger partial charge in [-0.2, -0.15) is 0 Å². The molecule has 2 saturated heterocycles. The van der Waals surface area contributed by atoms with Gasteiger partial charge >= 0.3 is 0 Å². The summed E-state index contributed by atoms with van der Waals surface area (Å²) in [5.74, 6) is -0.0584. The van der Waals surface area contributed by atoms with E-state index < -0.39 is 0 Å². The first-order valence-corrected chi connectivity index (χ1v) is 8.46. The van der Waals surface area contributed by atoms with Gasteiger partial charge in [-0.3, -0.25) is 4.90 Å². The zero-order valence-corrected chi connectivity index (χ0v) is 13.2. The quantitative estimate of drug-likeness (QED) is 0.905. The predicted octanol–water partition coefficient (Wildman–Crippen LogP) is 3.88. The highest BCUT2D eigenvalue weighted by Crippen LogP contribution is 2.40. The first-order valence-electron chi connectivity index (χ1n) is 8.46. The predicted molar refractivity (Wildman–Crippen MR) is 84.8 cm³/mol. The lowest BCUT2D eigenvalue weighted by Gasteiger charge is -2.51. The van der Waals surface area contributed by atoms with E-state index in [1.807, 2.05) is 12.1 Å². The lowest BCUT2D eigenvalue weighted by atomic mass is 9.80. The fourth-order valence-corrected chi connectivity index (χ4v) is 4.48. The van der Waals surface area contributed by atoms with Gasteiger partial charge in [-0.15, -0.1) is 0 Å². The average molecular weight is 290 g/mol. The Morgan fingerprint density at radius 1 is 1.24 bits per heavy atom. The summed E-state index contributed by atoms with van der Waals surface area (Å²) in [6, 6.07) is 9.32. The van der Waals surface area contributed by atoms with E-state index in [-0.39, 0.29) is 11.9 Å². The van der Waals surface area contributed by atoms with Gasteiger partial charge in [-0.25, -0.2) is 4.39 Å². The SMILES string of the molecule is CCNC1CC2CCCC(C1)N2C(C)c1ccccc1F. The van der Waals surface area contributed by atoms with Crippen molar-refractivity contribution in [3.63, 3.8) is 0 Å². The average Bonchev–Trinajstić information content (AvgIpc) is 2.46. The van der Waals surface area contributed by atoms with Crippen LogP contribution in [0.4, 0.5) is 4.39 Å². The topological polar surface area (TPSA) is 15.3 Å². The van der Waals surface area contributed by atoms with E-state index in [0.717, 1.165) is 12.1 Å². The summed E-state index contributed by atoms with van der Waals surface area (Å²) in [5, 5.41) is 3.62. The summed E-state index contributed by atoms with van der Waals surface area (Å²) in [6.07, 6.45) is 6.27. The third-order valence-electron chi connectivity index (χ3n) is 5.33. The van der Waals surface area contributed by atoms with Gasteiger partial charge in [0, 0.05) is 29.7 Å². The Morgan fingerprint density at radius 3 is 2.52 bits per heavy atom. The Bertz CT molecular complexity index is 462. The van der Waals surface area contributed by atoms with Crippen molar-refractivity contribution in [2.45, 2.75) is 70.1 Å². The minimum absolute atomic E-state index is 0.0584. The molecule has 1 aromatic rings. The molecule has 3 rings (SSSR count). The molecule has 21 heavy (non-hydrogen) atoms. The Morgan fingerprint density at radius 2 is 1.90 bits per heavy atom. The van der Waals surface area contributed by atoms with Crippen LogP contribution in [-0.2, 0) is 0 Å². The molecule has 116 valence electrons. The van der Waals surface area contributed by atoms with Gasteiger partial charge in [-0.1, -0.05) is 31.5 Å². The molecule has 3 heteroatoms. The molecular weight excluding hydrogens is 263 g/mol. The molecule has 2 aliphatic rings. The van der Waals surface area contributed by atoms with E-state index in [1.165, 1.54) is 32.1 Å². The molecule has 1 N–H and O–H groups in total. The Balaban J connectivity index is 1.80. The molecule has 2 fully saturated rings. The first kappa shape index (κ1) is 15.0. The number of nitrogens with zero attached hydrogens (tertiary/aromatic N) is 1. The zero-order valence-electron chi connectivity index (χ0n) is 13.2. The number of fused-ring (bicyclic) bond motifs is 2. The van der Waals surface area contributed by atoms with Crippen molar-refractivity contribution in [2.24, 2.45) is 0 Å². The maximum Gasteiger partial charge on any atom is 0.127 e. The maximum absolute atomic E-state index is 14.1. The number of rotatable bonds is 4. The van der Waals surface area contributed by atoms with Crippen LogP contribution in [0, 0.1) is 5.82 Å². The molecule has 2 bridgehead atoms. The van der Waals surface area contributed by atoms with Gasteiger partial charge in [0.2, 0.25) is 0 Å². The number of hydrogen-bond donors (Lipinski definition) is 1. The molecule has 2 nitrogen and oxygen atoms in total. The number of nitrogens with one attached hydrogen (secondary N) is 1. The monoisotopic (exact) mass is 290 g/mol. The number of hydrogen-bond acceptors (Lipinski definition) is 2. The van der Waals surface area contributed by atoms with E-state index in [4.69, 9.17) is 0 Å². The van der Waals surface area contributed by atoms with Crippen molar-refractivity contribution in [3.8, 4) is 0 Å². The lowest BCUT2D eigenvalue weighted by molar-refractivity contribution is -0.00696. The summed E-state index contributed by atoms with van der Waals surface area (Å²) in [7, 11) is 0. The van der Waals surface area contributed by atoms with Crippen molar-refractivity contribution in [3.05, 3.63) is 35.6 Å². The molecule has 2 heterocycles. The van der Waals surface area contributed by atoms with Crippen molar-refractivity contribution < 1.29 is 4.39 Å². The third kappa shape index (κ3) is 3.00. The lowest BCUT2D eigenvalue weighted by Crippen LogP contribution is -2.56. The van der Waals surface area contributed by atoms with Crippen molar-refractivity contribution in [1.29, 1.82) is 0 Å². The molecule has 2 aliphatic heterocycles. The van der Waals surface area contributed by atoms with Gasteiger partial charge in [0.1, 0.15) is 5.82 Å². The smallest absolute Gasteiger partial charge is 0.127 e. The fourth-order valence-electron chi connectivity index (χ4n) is 4.48. The van der Waals surface area contributed by atoms with Crippen LogP contribution < -0.4 is 5.32 Å². The molecule has 3 unspecified atom stereocenters. The van der Waals surface area contributed by atoms with Gasteiger partial charge in [-0.05, 0) is 45.2 Å². The molecular formula is C18H27FN2. The van der Waals surface area contributed by atoms with Crippen LogP contribution >= 0.6 is 0 Å². The van der Waals surface area contributed by atoms with E-state index in [2.05, 4.69) is 24.1 Å². The van der Waals surface area contributed by atoms with Crippen molar-refractivity contribution >= 4 is 0 Å². The molecule has 0 spiro atoms. The highest BCUT2D eigenvalue weighted by Gasteiger charge is 2.40. The van der Waals surface area contributed by atoms with Crippen LogP contribution in [0.15, 0.2) is 24.3 Å². The highest BCUT2D eigenvalue weighted by molar-refractivity contribution is 5.21. The van der Waals surface area contributed by atoms with E-state index in [1.54, 1.807) is 12.1 Å². The minimum Gasteiger partial charge on any atom is -0.314 e. The number of halogens is 1. The number of benzene rings is 1. The Kier molecular flexibility index (Phi) is 4.60. The van der Waals surface area contributed by atoms with Gasteiger partial charge < -0.3 is 5.32 Å². The van der Waals surface area contributed by atoms with E-state index in [9.17, 15) is 4.39 Å². The maximum atomic E-state index is 14.1. The summed E-state index contributed by atoms with van der Waals surface area (Å²) < 4.78 is 14.1. The second kappa shape index (κ2) is 6.45. The van der Waals surface area contributed by atoms with Gasteiger partial charge in [0.25, 0.3) is 0 Å². The fraction of sp³-hybridized carbons (Fsp3) is 0.667. The van der Waals surface area contributed by atoms with Gasteiger partial charge in [0.05, 0.1) is 0 Å². The summed E-state index contributed by atoms with van der Waals surface area (Å²) in [5.41, 5.74) is 0.858. The summed E-state index contributed by atoms with van der Waals surface area (Å²) in [4.78, 5) is 2.61. The molecule has 0 saturated carbocycles. The van der Waals surface area contributed by atoms with Crippen LogP contribution in [0.3, 0.4) is 0 Å². The van der Waals surface area contributed by atoms with Gasteiger partial charge in [0.15, 0.2) is 0 Å². The van der Waals surface area contributed by atoms with Crippen LogP contribution in [0.5, 0.6) is 0 Å². The zero-order chi connectivity index (χ0) is 14.8. The standard InChI is InChI=1S/C18H27FN2/c1-3-20-14-11-15-7-6-8-16(12-14)21(15)13(2)17-9-4-5-10-18(17)19/h4-5,9-10,13-16,20H,3,6-8,11-12H2,1-2H3. The molecule has 0 amide bonds. The first-order chi connectivity index (χ1) is 10.2. The largest absolute Gasteiger partial charge is 0.314 e. The second-order valence-electron chi connectivity index (χ2n) is 6.61. The second-order valence-corrected chi connectivity index (χ2v) is 6.61. The van der Waals surface area contributed by atoms with Crippen LogP contribution in [0.25, 0.3) is 0 Å². The van der Waals surface area contributed by atoms with Crippen molar-refractivity contribution in [1.82, 2.24) is 10.2 Å². The minimum atomic E-state index is -0.0584. The molecule has 0 aliphatic carbocycles. The third-order valence-corrected chi connectivity index (χ3v) is 5.33. The van der Waals surface area contributed by atoms with E-state index >= 15 is 0 Å². The summed E-state index contributed by atoms with van der Waals surface area (Å²) >= 11 is 0. The molecule has 0 radical (unpaired) electrons. The molecule has 1 aromatic carbocycles. The van der Waals surface area contributed by atoms with Crippen molar-refractivity contribution in [2.75, 3.05) is 6.54 Å². The number of piperidine rings is 2. The Labute approximate surface area is 127 Å². The normalized spacial score (nSPS) is 31.1. The van der Waals surface area contributed by atoms with E-state index in [0.29, 0.717) is 18.1 Å². The van der Waals surface area contributed by atoms with Crippen LogP contribution in [-0.4, -0.2) is 29.6 Å². The highest BCUT2D eigenvalue weighted by atomic mass is 19.1. The van der Waals surface area contributed by atoms with Crippen LogP contribution in [0.2, 0.25) is 0 Å². The summed E-state index contributed by atoms with van der Waals surface area (Å²) in [6.45, 7) is 5.41.